The predicted octanol–water partition coefficient (Wildman–Crippen LogP) is 4.07. The Morgan fingerprint density at radius 3 is 2.62 bits per heavy atom. The van der Waals surface area contributed by atoms with Gasteiger partial charge in [0, 0.05) is 17.1 Å². The summed E-state index contributed by atoms with van der Waals surface area (Å²) < 4.78 is 0. The maximum Gasteiger partial charge on any atom is 0.0453 e. The Morgan fingerprint density at radius 2 is 2.12 bits per heavy atom. The zero-order chi connectivity index (χ0) is 11.6. The standard InChI is InChI=1S/C14H20ClN/c1-3-14(7-4-8-14)16-10-12-6-5-11(2)9-13(12)15/h5-6,9,16H,3-4,7-8,10H2,1-2H3. The van der Waals surface area contributed by atoms with E-state index in [9.17, 15) is 0 Å². The molecular formula is C14H20ClN. The molecule has 0 unspecified atom stereocenters. The van der Waals surface area contributed by atoms with Gasteiger partial charge in [0.25, 0.3) is 0 Å². The Bertz CT molecular complexity index is 363. The van der Waals surface area contributed by atoms with Crippen molar-refractivity contribution in [3.63, 3.8) is 0 Å². The van der Waals surface area contributed by atoms with Gasteiger partial charge in [-0.3, -0.25) is 0 Å². The maximum absolute atomic E-state index is 6.22. The number of hydrogen-bond acceptors (Lipinski definition) is 1. The predicted molar refractivity (Wildman–Crippen MR) is 69.9 cm³/mol. The summed E-state index contributed by atoms with van der Waals surface area (Å²) in [6.45, 7) is 5.23. The fraction of sp³-hybridized carbons (Fsp3) is 0.571. The molecule has 1 fully saturated rings. The van der Waals surface area contributed by atoms with Gasteiger partial charge in [-0.2, -0.15) is 0 Å². The highest BCUT2D eigenvalue weighted by atomic mass is 35.5. The molecule has 1 saturated carbocycles. The second-order valence-electron chi connectivity index (χ2n) is 4.94. The Kier molecular flexibility index (Phi) is 3.56. The van der Waals surface area contributed by atoms with E-state index in [2.05, 4.69) is 31.3 Å². The molecule has 0 bridgehead atoms. The third-order valence-electron chi connectivity index (χ3n) is 3.85. The molecule has 1 aromatic carbocycles. The van der Waals surface area contributed by atoms with Gasteiger partial charge in [-0.15, -0.1) is 0 Å². The van der Waals surface area contributed by atoms with Crippen LogP contribution < -0.4 is 5.32 Å². The molecule has 0 amide bonds. The van der Waals surface area contributed by atoms with E-state index < -0.39 is 0 Å². The summed E-state index contributed by atoms with van der Waals surface area (Å²) in [6, 6.07) is 6.30. The lowest BCUT2D eigenvalue weighted by molar-refractivity contribution is 0.175. The van der Waals surface area contributed by atoms with Crippen LogP contribution in [-0.2, 0) is 6.54 Å². The number of rotatable bonds is 4. The molecule has 2 heteroatoms. The molecule has 1 nitrogen and oxygen atoms in total. The molecule has 0 atom stereocenters. The van der Waals surface area contributed by atoms with Crippen molar-refractivity contribution in [2.45, 2.75) is 51.6 Å². The highest BCUT2D eigenvalue weighted by Gasteiger charge is 2.34. The summed E-state index contributed by atoms with van der Waals surface area (Å²) in [7, 11) is 0. The minimum absolute atomic E-state index is 0.397. The molecule has 16 heavy (non-hydrogen) atoms. The number of aryl methyl sites for hydroxylation is 1. The topological polar surface area (TPSA) is 12.0 Å². The van der Waals surface area contributed by atoms with Crippen LogP contribution in [0.2, 0.25) is 5.02 Å². The summed E-state index contributed by atoms with van der Waals surface area (Å²) >= 11 is 6.22. The summed E-state index contributed by atoms with van der Waals surface area (Å²) in [4.78, 5) is 0. The molecule has 0 spiro atoms. The van der Waals surface area contributed by atoms with Crippen molar-refractivity contribution >= 4 is 11.6 Å². The normalized spacial score (nSPS) is 18.2. The van der Waals surface area contributed by atoms with Gasteiger partial charge in [-0.25, -0.2) is 0 Å². The van der Waals surface area contributed by atoms with E-state index in [-0.39, 0.29) is 0 Å². The van der Waals surface area contributed by atoms with E-state index in [1.54, 1.807) is 0 Å². The lowest BCUT2D eigenvalue weighted by atomic mass is 9.75. The third kappa shape index (κ3) is 2.41. The van der Waals surface area contributed by atoms with Crippen LogP contribution in [0.15, 0.2) is 18.2 Å². The average Bonchev–Trinajstić information content (AvgIpc) is 2.19. The van der Waals surface area contributed by atoms with Crippen molar-refractivity contribution in [2.75, 3.05) is 0 Å². The van der Waals surface area contributed by atoms with Crippen LogP contribution in [-0.4, -0.2) is 5.54 Å². The summed E-state index contributed by atoms with van der Waals surface area (Å²) in [5.41, 5.74) is 2.84. The van der Waals surface area contributed by atoms with Crippen molar-refractivity contribution in [3.8, 4) is 0 Å². The van der Waals surface area contributed by atoms with Crippen LogP contribution in [0.1, 0.15) is 43.7 Å². The maximum atomic E-state index is 6.22. The van der Waals surface area contributed by atoms with Crippen molar-refractivity contribution in [1.82, 2.24) is 5.32 Å². The van der Waals surface area contributed by atoms with Gasteiger partial charge >= 0.3 is 0 Å². The molecule has 1 N–H and O–H groups in total. The quantitative estimate of drug-likeness (QED) is 0.833. The lowest BCUT2D eigenvalue weighted by Gasteiger charge is -2.42. The van der Waals surface area contributed by atoms with Crippen LogP contribution in [0.25, 0.3) is 0 Å². The van der Waals surface area contributed by atoms with Gasteiger partial charge in [0.05, 0.1) is 0 Å². The highest BCUT2D eigenvalue weighted by molar-refractivity contribution is 6.31. The molecule has 0 aliphatic heterocycles. The van der Waals surface area contributed by atoms with Gasteiger partial charge < -0.3 is 5.32 Å². The molecule has 1 aromatic rings. The van der Waals surface area contributed by atoms with E-state index in [4.69, 9.17) is 11.6 Å². The number of nitrogens with one attached hydrogen (secondary N) is 1. The minimum Gasteiger partial charge on any atom is -0.307 e. The molecule has 1 aliphatic rings. The lowest BCUT2D eigenvalue weighted by Crippen LogP contribution is -2.49. The fourth-order valence-electron chi connectivity index (χ4n) is 2.34. The number of benzene rings is 1. The average molecular weight is 238 g/mol. The number of halogens is 1. The van der Waals surface area contributed by atoms with Crippen LogP contribution in [0.3, 0.4) is 0 Å². The number of hydrogen-bond donors (Lipinski definition) is 1. The zero-order valence-corrected chi connectivity index (χ0v) is 10.9. The third-order valence-corrected chi connectivity index (χ3v) is 4.20. The van der Waals surface area contributed by atoms with Crippen LogP contribution in [0.5, 0.6) is 0 Å². The van der Waals surface area contributed by atoms with Gasteiger partial charge in [0.15, 0.2) is 0 Å². The molecule has 0 aromatic heterocycles. The summed E-state index contributed by atoms with van der Waals surface area (Å²) in [5, 5.41) is 4.56. The first kappa shape index (κ1) is 11.9. The Balaban J connectivity index is 1.99. The second-order valence-corrected chi connectivity index (χ2v) is 5.34. The molecule has 1 aliphatic carbocycles. The SMILES string of the molecule is CCC1(NCc2ccc(C)cc2Cl)CCC1. The van der Waals surface area contributed by atoms with E-state index in [0.29, 0.717) is 5.54 Å². The monoisotopic (exact) mass is 237 g/mol. The van der Waals surface area contributed by atoms with E-state index in [1.165, 1.54) is 36.8 Å². The molecular weight excluding hydrogens is 218 g/mol. The Morgan fingerprint density at radius 1 is 1.38 bits per heavy atom. The van der Waals surface area contributed by atoms with Gasteiger partial charge in [0.1, 0.15) is 0 Å². The van der Waals surface area contributed by atoms with Gasteiger partial charge in [0.2, 0.25) is 0 Å². The first-order chi connectivity index (χ1) is 7.65. The highest BCUT2D eigenvalue weighted by Crippen LogP contribution is 2.35. The van der Waals surface area contributed by atoms with Crippen molar-refractivity contribution in [3.05, 3.63) is 34.3 Å². The first-order valence-electron chi connectivity index (χ1n) is 6.15. The van der Waals surface area contributed by atoms with Gasteiger partial charge in [-0.05, 0) is 49.8 Å². The Hall–Kier alpha value is -0.530. The summed E-state index contributed by atoms with van der Waals surface area (Å²) in [5.74, 6) is 0. The second kappa shape index (κ2) is 4.77. The summed E-state index contributed by atoms with van der Waals surface area (Å²) in [6.07, 6.45) is 5.21. The van der Waals surface area contributed by atoms with E-state index in [1.807, 2.05) is 6.07 Å². The van der Waals surface area contributed by atoms with Crippen LogP contribution in [0, 0.1) is 6.92 Å². The van der Waals surface area contributed by atoms with Crippen molar-refractivity contribution in [2.24, 2.45) is 0 Å². The van der Waals surface area contributed by atoms with Gasteiger partial charge in [-0.1, -0.05) is 30.7 Å². The van der Waals surface area contributed by atoms with Crippen molar-refractivity contribution < 1.29 is 0 Å². The molecule has 88 valence electrons. The molecule has 0 saturated heterocycles. The van der Waals surface area contributed by atoms with Crippen LogP contribution in [0.4, 0.5) is 0 Å². The molecule has 0 radical (unpaired) electrons. The molecule has 0 heterocycles. The Labute approximate surface area is 103 Å². The first-order valence-corrected chi connectivity index (χ1v) is 6.53. The fourth-order valence-corrected chi connectivity index (χ4v) is 2.64. The molecule has 2 rings (SSSR count). The zero-order valence-electron chi connectivity index (χ0n) is 10.1. The van der Waals surface area contributed by atoms with E-state index in [0.717, 1.165) is 11.6 Å². The van der Waals surface area contributed by atoms with Crippen molar-refractivity contribution in [1.29, 1.82) is 0 Å². The minimum atomic E-state index is 0.397. The van der Waals surface area contributed by atoms with E-state index >= 15 is 0 Å². The largest absolute Gasteiger partial charge is 0.307 e. The smallest absolute Gasteiger partial charge is 0.0453 e. The van der Waals surface area contributed by atoms with Crippen LogP contribution >= 0.6 is 11.6 Å².